The van der Waals surface area contributed by atoms with E-state index in [0.717, 1.165) is 0 Å². The highest BCUT2D eigenvalue weighted by molar-refractivity contribution is 9.11. The first-order chi connectivity index (χ1) is 12.7. The molecular formula is C25H44Br2. The molecular weight excluding hydrogens is 460 g/mol. The Morgan fingerprint density at radius 2 is 1.30 bits per heavy atom. The van der Waals surface area contributed by atoms with Crippen molar-refractivity contribution >= 4 is 31.9 Å². The molecule has 158 valence electrons. The molecule has 1 aromatic rings. The van der Waals surface area contributed by atoms with E-state index in [4.69, 9.17) is 0 Å². The molecule has 0 radical (unpaired) electrons. The summed E-state index contributed by atoms with van der Waals surface area (Å²) in [5.74, 6) is 0. The average molecular weight is 504 g/mol. The Balaban J connectivity index is -0.000000311. The first kappa shape index (κ1) is 31.4. The van der Waals surface area contributed by atoms with Crippen LogP contribution in [0.15, 0.2) is 38.8 Å². The van der Waals surface area contributed by atoms with E-state index in [-0.39, 0.29) is 0 Å². The van der Waals surface area contributed by atoms with Crippen molar-refractivity contribution in [1.82, 2.24) is 0 Å². The van der Waals surface area contributed by atoms with E-state index in [0.29, 0.717) is 0 Å². The summed E-state index contributed by atoms with van der Waals surface area (Å²) in [5, 5.41) is 0. The third-order valence-corrected chi connectivity index (χ3v) is 4.97. The van der Waals surface area contributed by atoms with Crippen molar-refractivity contribution in [2.75, 3.05) is 0 Å². The lowest BCUT2D eigenvalue weighted by atomic mass is 10.1. The van der Waals surface area contributed by atoms with Gasteiger partial charge in [-0.3, -0.25) is 0 Å². The predicted octanol–water partition coefficient (Wildman–Crippen LogP) is 10.6. The molecule has 0 bridgehead atoms. The van der Waals surface area contributed by atoms with Crippen molar-refractivity contribution in [3.63, 3.8) is 0 Å². The lowest BCUT2D eigenvalue weighted by Gasteiger charge is -2.04. The Kier molecular flexibility index (Phi) is 25.5. The molecule has 0 amide bonds. The normalized spacial score (nSPS) is 9.70. The molecule has 1 aromatic carbocycles. The van der Waals surface area contributed by atoms with Gasteiger partial charge in [-0.05, 0) is 68.8 Å². The van der Waals surface area contributed by atoms with Crippen molar-refractivity contribution in [2.24, 2.45) is 0 Å². The Morgan fingerprint density at radius 1 is 0.815 bits per heavy atom. The zero-order valence-corrected chi connectivity index (χ0v) is 22.8. The molecule has 2 heteroatoms. The predicted molar refractivity (Wildman–Crippen MR) is 136 cm³/mol. The monoisotopic (exact) mass is 502 g/mol. The van der Waals surface area contributed by atoms with E-state index >= 15 is 0 Å². The molecule has 0 N–H and O–H groups in total. The number of aryl methyl sites for hydroxylation is 1. The van der Waals surface area contributed by atoms with Crippen LogP contribution in [0, 0.1) is 20.8 Å². The summed E-state index contributed by atoms with van der Waals surface area (Å²) in [6.07, 6.45) is 11.1. The van der Waals surface area contributed by atoms with Crippen LogP contribution >= 0.6 is 31.9 Å². The van der Waals surface area contributed by atoms with Gasteiger partial charge < -0.3 is 0 Å². The van der Waals surface area contributed by atoms with E-state index < -0.39 is 0 Å². The molecule has 0 fully saturated rings. The van der Waals surface area contributed by atoms with Gasteiger partial charge in [0.25, 0.3) is 0 Å². The van der Waals surface area contributed by atoms with E-state index in [2.05, 4.69) is 98.5 Å². The van der Waals surface area contributed by atoms with E-state index in [1.54, 1.807) is 0 Å². The first-order valence-electron chi connectivity index (χ1n) is 10.4. The number of hydrogen-bond acceptors (Lipinski definition) is 0. The molecule has 0 aliphatic carbocycles. The van der Waals surface area contributed by atoms with Crippen LogP contribution < -0.4 is 0 Å². The number of benzene rings is 1. The minimum Gasteiger partial charge on any atom is -0.0764 e. The van der Waals surface area contributed by atoms with Gasteiger partial charge in [0.1, 0.15) is 0 Å². The smallest absolute Gasteiger partial charge is 0.0207 e. The fourth-order valence-corrected chi connectivity index (χ4v) is 2.44. The number of rotatable bonds is 5. The topological polar surface area (TPSA) is 0 Å². The number of hydrogen-bond donors (Lipinski definition) is 0. The van der Waals surface area contributed by atoms with E-state index in [9.17, 15) is 0 Å². The highest BCUT2D eigenvalue weighted by Crippen LogP contribution is 2.21. The first-order valence-corrected chi connectivity index (χ1v) is 11.9. The average Bonchev–Trinajstić information content (AvgIpc) is 2.65. The standard InChI is InChI=1S/C9H11Br.C7H11Br.C7H16.C2H6/c1-6-4-5-9(10)8(3)7(6)2;1-6(2)4-5-7(3)8;1-3-5-7-6-4-2;1-2/h4-5H,1-3H3;4-5H,1-3H3;3-7H2,1-2H3;1-2H3/b;7-5+;;. The summed E-state index contributed by atoms with van der Waals surface area (Å²) < 4.78 is 2.37. The fourth-order valence-electron chi connectivity index (χ4n) is 1.88. The Hall–Kier alpha value is -0.340. The fraction of sp³-hybridized carbons (Fsp3) is 0.600. The minimum atomic E-state index is 1.17. The highest BCUT2D eigenvalue weighted by Gasteiger charge is 1.98. The van der Waals surface area contributed by atoms with Crippen LogP contribution in [0.2, 0.25) is 0 Å². The van der Waals surface area contributed by atoms with Crippen molar-refractivity contribution in [3.8, 4) is 0 Å². The maximum atomic E-state index is 3.48. The van der Waals surface area contributed by atoms with Gasteiger partial charge in [0, 0.05) is 4.47 Å². The van der Waals surface area contributed by atoms with E-state index in [1.165, 1.54) is 63.3 Å². The van der Waals surface area contributed by atoms with Crippen LogP contribution in [0.4, 0.5) is 0 Å². The molecule has 0 aliphatic heterocycles. The van der Waals surface area contributed by atoms with Crippen molar-refractivity contribution in [2.45, 2.75) is 101 Å². The minimum absolute atomic E-state index is 1.17. The maximum Gasteiger partial charge on any atom is 0.0207 e. The molecule has 0 saturated carbocycles. The SMILES string of the molecule is CC.CC(C)=C/C=C(\C)Br.CCCCCCC.Cc1ccc(Br)c(C)c1C. The molecule has 0 aromatic heterocycles. The molecule has 0 nitrogen and oxygen atoms in total. The summed E-state index contributed by atoms with van der Waals surface area (Å²) in [4.78, 5) is 0. The summed E-state index contributed by atoms with van der Waals surface area (Å²) in [6, 6.07) is 4.23. The van der Waals surface area contributed by atoms with Crippen molar-refractivity contribution in [3.05, 3.63) is 55.5 Å². The third kappa shape index (κ3) is 21.8. The quantitative estimate of drug-likeness (QED) is 0.276. The Labute approximate surface area is 188 Å². The maximum absolute atomic E-state index is 3.48. The third-order valence-electron chi connectivity index (χ3n) is 3.85. The van der Waals surface area contributed by atoms with Gasteiger partial charge in [-0.25, -0.2) is 0 Å². The van der Waals surface area contributed by atoms with Crippen molar-refractivity contribution in [1.29, 1.82) is 0 Å². The largest absolute Gasteiger partial charge is 0.0764 e. The van der Waals surface area contributed by atoms with Gasteiger partial charge in [0.15, 0.2) is 0 Å². The summed E-state index contributed by atoms with van der Waals surface area (Å²) >= 11 is 6.80. The molecule has 1 rings (SSSR count). The van der Waals surface area contributed by atoms with Gasteiger partial charge in [-0.2, -0.15) is 0 Å². The molecule has 0 atom stereocenters. The number of allylic oxidation sites excluding steroid dienone is 4. The molecule has 0 spiro atoms. The van der Waals surface area contributed by atoms with Gasteiger partial charge in [-0.15, -0.1) is 0 Å². The molecule has 0 aliphatic rings. The van der Waals surface area contributed by atoms with Gasteiger partial charge in [0.2, 0.25) is 0 Å². The van der Waals surface area contributed by atoms with Gasteiger partial charge >= 0.3 is 0 Å². The van der Waals surface area contributed by atoms with Crippen LogP contribution in [-0.4, -0.2) is 0 Å². The molecule has 0 heterocycles. The Bertz CT molecular complexity index is 470. The van der Waals surface area contributed by atoms with Crippen LogP contribution in [0.25, 0.3) is 0 Å². The van der Waals surface area contributed by atoms with Crippen LogP contribution in [0.5, 0.6) is 0 Å². The van der Waals surface area contributed by atoms with Gasteiger partial charge in [-0.1, -0.05) is 115 Å². The molecule has 27 heavy (non-hydrogen) atoms. The molecule has 0 saturated heterocycles. The van der Waals surface area contributed by atoms with E-state index in [1.807, 2.05) is 26.8 Å². The second-order valence-electron chi connectivity index (χ2n) is 6.67. The molecule has 0 unspecified atom stereocenters. The van der Waals surface area contributed by atoms with Crippen LogP contribution in [-0.2, 0) is 0 Å². The summed E-state index contributed by atoms with van der Waals surface area (Å²) in [7, 11) is 0. The summed E-state index contributed by atoms with van der Waals surface area (Å²) in [5.41, 5.74) is 5.42. The van der Waals surface area contributed by atoms with Crippen LogP contribution in [0.1, 0.15) is 97.3 Å². The number of halogens is 2. The zero-order valence-electron chi connectivity index (χ0n) is 19.6. The van der Waals surface area contributed by atoms with Gasteiger partial charge in [0.05, 0.1) is 0 Å². The lowest BCUT2D eigenvalue weighted by molar-refractivity contribution is 0.656. The van der Waals surface area contributed by atoms with Crippen molar-refractivity contribution < 1.29 is 0 Å². The number of unbranched alkanes of at least 4 members (excludes halogenated alkanes) is 4. The van der Waals surface area contributed by atoms with Crippen LogP contribution in [0.3, 0.4) is 0 Å². The summed E-state index contributed by atoms with van der Waals surface area (Å²) in [6.45, 7) is 21.1. The Morgan fingerprint density at radius 3 is 1.59 bits per heavy atom. The zero-order chi connectivity index (χ0) is 21.8. The second kappa shape index (κ2) is 22.0. The highest BCUT2D eigenvalue weighted by atomic mass is 79.9. The second-order valence-corrected chi connectivity index (χ2v) is 8.78. The lowest BCUT2D eigenvalue weighted by Crippen LogP contribution is -1.85.